The third-order valence-corrected chi connectivity index (χ3v) is 3.85. The van der Waals surface area contributed by atoms with Crippen molar-refractivity contribution in [2.45, 2.75) is 25.3 Å². The number of piperidine rings is 1. The minimum Gasteiger partial charge on any atom is -0.484 e. The number of hydrogen-bond donors (Lipinski definition) is 1. The average molecular weight is 320 g/mol. The molecule has 2 rings (SSSR count). The Kier molecular flexibility index (Phi) is 6.87. The molecule has 0 unspecified atom stereocenters. The van der Waals surface area contributed by atoms with E-state index in [2.05, 4.69) is 5.32 Å². The largest absolute Gasteiger partial charge is 0.484 e. The van der Waals surface area contributed by atoms with Crippen molar-refractivity contribution in [3.8, 4) is 5.75 Å². The molecule has 0 radical (unpaired) electrons. The molecule has 1 saturated heterocycles. The molecule has 0 aromatic heterocycles. The number of hydrogen-bond acceptors (Lipinski definition) is 4. The first-order chi connectivity index (χ1) is 11.2. The van der Waals surface area contributed by atoms with Crippen molar-refractivity contribution < 1.29 is 19.1 Å². The number of carbonyl (C=O) groups is 2. The van der Waals surface area contributed by atoms with Crippen LogP contribution in [0.4, 0.5) is 0 Å². The Bertz CT molecular complexity index is 499. The van der Waals surface area contributed by atoms with Crippen LogP contribution in [0.5, 0.6) is 5.75 Å². The number of nitrogens with zero attached hydrogens (tertiary/aromatic N) is 1. The van der Waals surface area contributed by atoms with Crippen LogP contribution in [-0.2, 0) is 14.3 Å². The van der Waals surface area contributed by atoms with Crippen LogP contribution in [0.1, 0.15) is 19.3 Å². The van der Waals surface area contributed by atoms with Gasteiger partial charge in [0.2, 0.25) is 5.91 Å². The number of nitrogens with one attached hydrogen (secondary N) is 1. The van der Waals surface area contributed by atoms with E-state index in [0.29, 0.717) is 31.9 Å². The molecule has 0 saturated carbocycles. The number of methoxy groups -OCH3 is 1. The maximum atomic E-state index is 11.9. The van der Waals surface area contributed by atoms with Crippen molar-refractivity contribution in [1.29, 1.82) is 0 Å². The van der Waals surface area contributed by atoms with Gasteiger partial charge >= 0.3 is 0 Å². The monoisotopic (exact) mass is 320 g/mol. The third-order valence-electron chi connectivity index (χ3n) is 3.85. The topological polar surface area (TPSA) is 67.9 Å². The molecule has 6 heteroatoms. The van der Waals surface area contributed by atoms with Crippen LogP contribution in [0.3, 0.4) is 0 Å². The Hall–Kier alpha value is -2.08. The molecule has 1 heterocycles. The summed E-state index contributed by atoms with van der Waals surface area (Å²) in [6.45, 7) is 1.81. The highest BCUT2D eigenvalue weighted by atomic mass is 16.5. The summed E-state index contributed by atoms with van der Waals surface area (Å²) in [4.78, 5) is 25.6. The molecule has 6 nitrogen and oxygen atoms in total. The van der Waals surface area contributed by atoms with E-state index in [1.807, 2.05) is 35.2 Å². The Morgan fingerprint density at radius 1 is 1.22 bits per heavy atom. The first kappa shape index (κ1) is 17.3. The first-order valence-electron chi connectivity index (χ1n) is 7.93. The molecule has 0 atom stereocenters. The van der Waals surface area contributed by atoms with Crippen molar-refractivity contribution in [2.75, 3.05) is 33.4 Å². The summed E-state index contributed by atoms with van der Waals surface area (Å²) in [5.74, 6) is 0.670. The van der Waals surface area contributed by atoms with E-state index < -0.39 is 0 Å². The van der Waals surface area contributed by atoms with Gasteiger partial charge in [-0.25, -0.2) is 0 Å². The van der Waals surface area contributed by atoms with Gasteiger partial charge in [0.05, 0.1) is 13.0 Å². The first-order valence-corrected chi connectivity index (χ1v) is 7.93. The highest BCUT2D eigenvalue weighted by Gasteiger charge is 2.23. The quantitative estimate of drug-likeness (QED) is 0.820. The number of amides is 2. The summed E-state index contributed by atoms with van der Waals surface area (Å²) >= 11 is 0. The lowest BCUT2D eigenvalue weighted by molar-refractivity contribution is -0.133. The number of carbonyl (C=O) groups excluding carboxylic acids is 2. The lowest BCUT2D eigenvalue weighted by Gasteiger charge is -2.32. The number of benzene rings is 1. The molecule has 0 bridgehead atoms. The van der Waals surface area contributed by atoms with Crippen molar-refractivity contribution in [3.05, 3.63) is 30.3 Å². The molecule has 2 amide bonds. The van der Waals surface area contributed by atoms with Crippen LogP contribution in [0.2, 0.25) is 0 Å². The third kappa shape index (κ3) is 5.90. The van der Waals surface area contributed by atoms with Gasteiger partial charge in [0.1, 0.15) is 5.75 Å². The average Bonchev–Trinajstić information content (AvgIpc) is 2.59. The Balaban J connectivity index is 1.65. The maximum Gasteiger partial charge on any atom is 0.258 e. The van der Waals surface area contributed by atoms with Crippen molar-refractivity contribution in [3.63, 3.8) is 0 Å². The normalized spacial score (nSPS) is 15.3. The summed E-state index contributed by atoms with van der Waals surface area (Å²) < 4.78 is 10.3. The summed E-state index contributed by atoms with van der Waals surface area (Å²) in [5.41, 5.74) is 0. The molecule has 126 valence electrons. The second-order valence-corrected chi connectivity index (χ2v) is 5.57. The summed E-state index contributed by atoms with van der Waals surface area (Å²) in [5, 5.41) is 2.97. The van der Waals surface area contributed by atoms with Crippen molar-refractivity contribution in [1.82, 2.24) is 10.2 Å². The van der Waals surface area contributed by atoms with E-state index in [1.54, 1.807) is 7.11 Å². The second-order valence-electron chi connectivity index (χ2n) is 5.57. The number of ether oxygens (including phenoxy) is 2. The predicted octanol–water partition coefficient (Wildman–Crippen LogP) is 1.21. The van der Waals surface area contributed by atoms with Gasteiger partial charge in [-0.1, -0.05) is 18.2 Å². The van der Waals surface area contributed by atoms with Crippen LogP contribution in [0, 0.1) is 0 Å². The zero-order chi connectivity index (χ0) is 16.5. The molecule has 1 aromatic carbocycles. The summed E-state index contributed by atoms with van der Waals surface area (Å²) in [7, 11) is 1.59. The van der Waals surface area contributed by atoms with Crippen molar-refractivity contribution in [2.24, 2.45) is 0 Å². The van der Waals surface area contributed by atoms with Gasteiger partial charge in [0.25, 0.3) is 5.91 Å². The highest BCUT2D eigenvalue weighted by molar-refractivity contribution is 5.78. The highest BCUT2D eigenvalue weighted by Crippen LogP contribution is 2.12. The molecule has 0 spiro atoms. The molecular formula is C17H24N2O4. The van der Waals surface area contributed by atoms with E-state index in [4.69, 9.17) is 9.47 Å². The predicted molar refractivity (Wildman–Crippen MR) is 86.2 cm³/mol. The van der Waals surface area contributed by atoms with Crippen LogP contribution in [-0.4, -0.2) is 56.2 Å². The van der Waals surface area contributed by atoms with E-state index >= 15 is 0 Å². The van der Waals surface area contributed by atoms with Crippen LogP contribution in [0.15, 0.2) is 30.3 Å². The Labute approximate surface area is 136 Å². The van der Waals surface area contributed by atoms with Gasteiger partial charge in [-0.05, 0) is 25.0 Å². The Morgan fingerprint density at radius 2 is 1.91 bits per heavy atom. The van der Waals surface area contributed by atoms with Crippen LogP contribution >= 0.6 is 0 Å². The standard InChI is InChI=1S/C17H24N2O4/c1-22-12-9-17(21)19-10-7-14(8-11-19)18-16(20)13-23-15-5-3-2-4-6-15/h2-6,14H,7-13H2,1H3,(H,18,20). The molecule has 1 fully saturated rings. The molecule has 1 aliphatic rings. The SMILES string of the molecule is COCCC(=O)N1CCC(NC(=O)COc2ccccc2)CC1. The number of rotatable bonds is 7. The van der Waals surface area contributed by atoms with E-state index in [1.165, 1.54) is 0 Å². The smallest absolute Gasteiger partial charge is 0.258 e. The summed E-state index contributed by atoms with van der Waals surface area (Å²) in [6, 6.07) is 9.37. The van der Waals surface area contributed by atoms with Gasteiger partial charge in [-0.2, -0.15) is 0 Å². The Morgan fingerprint density at radius 3 is 2.57 bits per heavy atom. The fourth-order valence-electron chi connectivity index (χ4n) is 2.56. The minimum absolute atomic E-state index is 0.0109. The molecule has 1 aromatic rings. The fourth-order valence-corrected chi connectivity index (χ4v) is 2.56. The van der Waals surface area contributed by atoms with Crippen molar-refractivity contribution >= 4 is 11.8 Å². The van der Waals surface area contributed by atoms with E-state index in [9.17, 15) is 9.59 Å². The van der Waals surface area contributed by atoms with Gasteiger partial charge < -0.3 is 19.7 Å². The minimum atomic E-state index is -0.127. The fraction of sp³-hybridized carbons (Fsp3) is 0.529. The number of likely N-dealkylation sites (tertiary alicyclic amines) is 1. The van der Waals surface area contributed by atoms with E-state index in [0.717, 1.165) is 12.8 Å². The van der Waals surface area contributed by atoms with Gasteiger partial charge in [-0.15, -0.1) is 0 Å². The molecular weight excluding hydrogens is 296 g/mol. The van der Waals surface area contributed by atoms with Crippen LogP contribution in [0.25, 0.3) is 0 Å². The maximum absolute atomic E-state index is 11.9. The molecule has 1 aliphatic heterocycles. The van der Waals surface area contributed by atoms with Gasteiger partial charge in [0, 0.05) is 26.2 Å². The van der Waals surface area contributed by atoms with Gasteiger partial charge in [-0.3, -0.25) is 9.59 Å². The zero-order valence-electron chi connectivity index (χ0n) is 13.5. The summed E-state index contributed by atoms with van der Waals surface area (Å²) in [6.07, 6.45) is 1.96. The lowest BCUT2D eigenvalue weighted by atomic mass is 10.0. The molecule has 23 heavy (non-hydrogen) atoms. The van der Waals surface area contributed by atoms with E-state index in [-0.39, 0.29) is 24.5 Å². The molecule has 1 N–H and O–H groups in total. The molecule has 0 aliphatic carbocycles. The zero-order valence-corrected chi connectivity index (χ0v) is 13.5. The second kappa shape index (κ2) is 9.15. The van der Waals surface area contributed by atoms with Gasteiger partial charge in [0.15, 0.2) is 6.61 Å². The lowest BCUT2D eigenvalue weighted by Crippen LogP contribution is -2.47. The van der Waals surface area contributed by atoms with Crippen LogP contribution < -0.4 is 10.1 Å². The number of para-hydroxylation sites is 1.